The van der Waals surface area contributed by atoms with E-state index in [1.807, 2.05) is 46.2 Å². The Kier molecular flexibility index (Phi) is 4.09. The number of carbonyl (C=O) groups is 2. The number of likely N-dealkylation sites (tertiary alicyclic amines) is 1. The number of aromatic nitrogens is 1. The summed E-state index contributed by atoms with van der Waals surface area (Å²) < 4.78 is 6.31. The van der Waals surface area contributed by atoms with Crippen molar-refractivity contribution in [1.29, 1.82) is 0 Å². The van der Waals surface area contributed by atoms with Crippen LogP contribution in [0.25, 0.3) is 0 Å². The van der Waals surface area contributed by atoms with Gasteiger partial charge >= 0.3 is 0 Å². The first-order valence-electron chi connectivity index (χ1n) is 11.0. The number of hydrogen-bond acceptors (Lipinski definition) is 4. The summed E-state index contributed by atoms with van der Waals surface area (Å²) in [7, 11) is 0. The molecular weight excluding hydrogens is 390 g/mol. The summed E-state index contributed by atoms with van der Waals surface area (Å²) in [6, 6.07) is 12.2. The molecule has 2 fully saturated rings. The molecule has 4 atom stereocenters. The molecule has 4 aliphatic rings. The maximum absolute atomic E-state index is 13.6. The van der Waals surface area contributed by atoms with Crippen LogP contribution < -0.4 is 0 Å². The maximum atomic E-state index is 13.6. The van der Waals surface area contributed by atoms with Gasteiger partial charge in [-0.2, -0.15) is 0 Å². The molecule has 31 heavy (non-hydrogen) atoms. The third-order valence-corrected chi connectivity index (χ3v) is 7.20. The number of benzene rings is 1. The monoisotopic (exact) mass is 415 g/mol. The number of carbonyl (C=O) groups excluding carboxylic acids is 2. The van der Waals surface area contributed by atoms with Crippen LogP contribution in [0.4, 0.5) is 0 Å². The zero-order chi connectivity index (χ0) is 21.2. The van der Waals surface area contributed by atoms with Crippen LogP contribution in [-0.4, -0.2) is 51.4 Å². The highest BCUT2D eigenvalue weighted by atomic mass is 16.5. The van der Waals surface area contributed by atoms with Crippen molar-refractivity contribution in [2.24, 2.45) is 11.8 Å². The quantitative estimate of drug-likeness (QED) is 0.722. The van der Waals surface area contributed by atoms with Gasteiger partial charge in [-0.15, -0.1) is 0 Å². The normalized spacial score (nSPS) is 30.6. The second-order valence-electron chi connectivity index (χ2n) is 9.20. The Balaban J connectivity index is 1.25. The number of nitrogens with zero attached hydrogens (tertiary/aromatic N) is 3. The molecule has 2 aromatic rings. The van der Waals surface area contributed by atoms with Crippen LogP contribution in [0, 0.1) is 18.8 Å². The average Bonchev–Trinajstić information content (AvgIpc) is 3.41. The fraction of sp³-hybridized carbons (Fsp3) is 0.400. The van der Waals surface area contributed by atoms with Gasteiger partial charge in [0, 0.05) is 37.9 Å². The van der Waals surface area contributed by atoms with Gasteiger partial charge in [-0.1, -0.05) is 48.0 Å². The fourth-order valence-corrected chi connectivity index (χ4v) is 5.79. The lowest BCUT2D eigenvalue weighted by atomic mass is 9.76. The highest BCUT2D eigenvalue weighted by Gasteiger charge is 2.67. The molecule has 6 heteroatoms. The van der Waals surface area contributed by atoms with Crippen molar-refractivity contribution in [2.75, 3.05) is 13.1 Å². The Morgan fingerprint density at radius 2 is 2.19 bits per heavy atom. The molecule has 0 saturated carbocycles. The molecule has 0 radical (unpaired) electrons. The van der Waals surface area contributed by atoms with Gasteiger partial charge in [0.2, 0.25) is 11.8 Å². The van der Waals surface area contributed by atoms with E-state index in [2.05, 4.69) is 24.0 Å². The average molecular weight is 415 g/mol. The Bertz CT molecular complexity index is 1110. The summed E-state index contributed by atoms with van der Waals surface area (Å²) in [5.41, 5.74) is 3.77. The third kappa shape index (κ3) is 2.85. The molecule has 0 aliphatic carbocycles. The molecule has 5 heterocycles. The van der Waals surface area contributed by atoms with Crippen LogP contribution in [0.5, 0.6) is 0 Å². The minimum atomic E-state index is -0.666. The van der Waals surface area contributed by atoms with E-state index in [1.54, 1.807) is 6.20 Å². The molecule has 2 saturated heterocycles. The number of ether oxygens (including phenoxy) is 1. The van der Waals surface area contributed by atoms with Crippen LogP contribution in [0.2, 0.25) is 0 Å². The van der Waals surface area contributed by atoms with E-state index in [0.717, 1.165) is 23.2 Å². The lowest BCUT2D eigenvalue weighted by molar-refractivity contribution is -0.144. The summed E-state index contributed by atoms with van der Waals surface area (Å²) in [4.78, 5) is 35.3. The van der Waals surface area contributed by atoms with Gasteiger partial charge in [-0.3, -0.25) is 14.6 Å². The number of hydrogen-bond donors (Lipinski definition) is 0. The van der Waals surface area contributed by atoms with E-state index < -0.39 is 17.4 Å². The van der Waals surface area contributed by atoms with Gasteiger partial charge in [0.1, 0.15) is 5.60 Å². The molecule has 2 bridgehead atoms. The largest absolute Gasteiger partial charge is 0.360 e. The molecule has 4 aliphatic heterocycles. The Morgan fingerprint density at radius 1 is 1.29 bits per heavy atom. The highest BCUT2D eigenvalue weighted by molar-refractivity contribution is 5.93. The van der Waals surface area contributed by atoms with Gasteiger partial charge in [0.15, 0.2) is 0 Å². The predicted octanol–water partition coefficient (Wildman–Crippen LogP) is 2.26. The molecule has 2 amide bonds. The van der Waals surface area contributed by atoms with Crippen LogP contribution in [0.15, 0.2) is 54.7 Å². The fourth-order valence-electron chi connectivity index (χ4n) is 5.79. The Labute approximate surface area is 181 Å². The van der Waals surface area contributed by atoms with Crippen LogP contribution in [0.3, 0.4) is 0 Å². The molecule has 1 spiro atoms. The van der Waals surface area contributed by atoms with Crippen molar-refractivity contribution in [1.82, 2.24) is 14.8 Å². The number of amides is 2. The van der Waals surface area contributed by atoms with Crippen molar-refractivity contribution < 1.29 is 14.3 Å². The van der Waals surface area contributed by atoms with E-state index in [4.69, 9.17) is 4.74 Å². The van der Waals surface area contributed by atoms with E-state index >= 15 is 0 Å². The van der Waals surface area contributed by atoms with E-state index in [-0.39, 0.29) is 17.9 Å². The number of fused-ring (bicyclic) bond motifs is 2. The van der Waals surface area contributed by atoms with E-state index in [0.29, 0.717) is 26.2 Å². The summed E-state index contributed by atoms with van der Waals surface area (Å²) >= 11 is 0. The standard InChI is InChI=1S/C25H25N3O3/c1-16-4-2-5-17(12-16)13-28-15-25-9-7-20(31-25)21(22(25)24(28)30)23(29)27-11-8-19-18(14-27)6-3-10-26-19/h2-7,9-10,12,20-22H,8,11,13-15H2,1H3/t20-,21?,22?,25-/m0/s1. The van der Waals surface area contributed by atoms with Gasteiger partial charge in [-0.05, 0) is 24.1 Å². The smallest absolute Gasteiger partial charge is 0.230 e. The molecule has 6 rings (SSSR count). The van der Waals surface area contributed by atoms with Gasteiger partial charge in [0.05, 0.1) is 24.5 Å². The zero-order valence-electron chi connectivity index (χ0n) is 17.5. The summed E-state index contributed by atoms with van der Waals surface area (Å²) in [6.45, 7) is 4.29. The van der Waals surface area contributed by atoms with Crippen LogP contribution in [0.1, 0.15) is 22.4 Å². The molecule has 1 aromatic heterocycles. The molecule has 0 N–H and O–H groups in total. The van der Waals surface area contributed by atoms with Gasteiger partial charge in [0.25, 0.3) is 0 Å². The molecule has 2 unspecified atom stereocenters. The van der Waals surface area contributed by atoms with Crippen LogP contribution >= 0.6 is 0 Å². The van der Waals surface area contributed by atoms with Gasteiger partial charge in [-0.25, -0.2) is 0 Å². The van der Waals surface area contributed by atoms with Crippen molar-refractivity contribution in [3.8, 4) is 0 Å². The number of pyridine rings is 1. The van der Waals surface area contributed by atoms with E-state index in [1.165, 1.54) is 5.56 Å². The first-order chi connectivity index (χ1) is 15.0. The maximum Gasteiger partial charge on any atom is 0.230 e. The SMILES string of the molecule is Cc1cccc(CN2C[C@]34C=C[C@H](O3)C(C(=O)N3CCc5ncccc5C3)C4C2=O)c1. The second-order valence-corrected chi connectivity index (χ2v) is 9.20. The lowest BCUT2D eigenvalue weighted by Gasteiger charge is -2.33. The Hall–Kier alpha value is -2.99. The zero-order valence-corrected chi connectivity index (χ0v) is 17.5. The van der Waals surface area contributed by atoms with Crippen molar-refractivity contribution in [3.05, 3.63) is 77.1 Å². The summed E-state index contributed by atoms with van der Waals surface area (Å²) in [5.74, 6) is -0.819. The second kappa shape index (κ2) is 6.76. The molecule has 6 nitrogen and oxygen atoms in total. The first kappa shape index (κ1) is 18.8. The summed E-state index contributed by atoms with van der Waals surface area (Å²) in [6.07, 6.45) is 6.25. The van der Waals surface area contributed by atoms with Crippen LogP contribution in [-0.2, 0) is 33.8 Å². The molecule has 158 valence electrons. The summed E-state index contributed by atoms with van der Waals surface area (Å²) in [5, 5.41) is 0. The first-order valence-corrected chi connectivity index (χ1v) is 11.0. The molecular formula is C25H25N3O3. The highest BCUT2D eigenvalue weighted by Crippen LogP contribution is 2.52. The van der Waals surface area contributed by atoms with Gasteiger partial charge < -0.3 is 14.5 Å². The minimum absolute atomic E-state index is 0.0292. The number of rotatable bonds is 3. The predicted molar refractivity (Wildman–Crippen MR) is 114 cm³/mol. The number of aryl methyl sites for hydroxylation is 1. The lowest BCUT2D eigenvalue weighted by Crippen LogP contribution is -2.47. The Morgan fingerprint density at radius 3 is 3.06 bits per heavy atom. The van der Waals surface area contributed by atoms with Crippen molar-refractivity contribution in [3.63, 3.8) is 0 Å². The topological polar surface area (TPSA) is 62.7 Å². The van der Waals surface area contributed by atoms with Crippen molar-refractivity contribution >= 4 is 11.8 Å². The molecule has 1 aromatic carbocycles. The van der Waals surface area contributed by atoms with E-state index in [9.17, 15) is 9.59 Å². The van der Waals surface area contributed by atoms with Crippen molar-refractivity contribution in [2.45, 2.75) is 38.1 Å². The third-order valence-electron chi connectivity index (χ3n) is 7.20. The minimum Gasteiger partial charge on any atom is -0.360 e.